The topological polar surface area (TPSA) is 85.0 Å². The van der Waals surface area contributed by atoms with Crippen molar-refractivity contribution in [2.24, 2.45) is 0 Å². The molecule has 1 fully saturated rings. The molecule has 10 heteroatoms. The Bertz CT molecular complexity index is 1230. The number of carbonyl (C=O) groups is 1. The van der Waals surface area contributed by atoms with Crippen LogP contribution in [-0.4, -0.2) is 71.9 Å². The highest BCUT2D eigenvalue weighted by Gasteiger charge is 2.24. The zero-order valence-electron chi connectivity index (χ0n) is 18.0. The molecule has 33 heavy (non-hydrogen) atoms. The predicted molar refractivity (Wildman–Crippen MR) is 118 cm³/mol. The maximum absolute atomic E-state index is 13.9. The quantitative estimate of drug-likeness (QED) is 0.451. The summed E-state index contributed by atoms with van der Waals surface area (Å²) >= 11 is 0. The lowest BCUT2D eigenvalue weighted by Crippen LogP contribution is -2.48. The first-order chi connectivity index (χ1) is 16.2. The Morgan fingerprint density at radius 3 is 2.45 bits per heavy atom. The van der Waals surface area contributed by atoms with E-state index in [0.717, 1.165) is 5.56 Å². The Labute approximate surface area is 190 Å². The molecule has 1 amide bonds. The van der Waals surface area contributed by atoms with Gasteiger partial charge in [0.2, 0.25) is 5.82 Å². The van der Waals surface area contributed by atoms with Gasteiger partial charge in [-0.25, -0.2) is 9.07 Å². The number of benzene rings is 2. The third-order valence-electron chi connectivity index (χ3n) is 5.63. The molecule has 0 aliphatic carbocycles. The van der Waals surface area contributed by atoms with Crippen molar-refractivity contribution in [3.63, 3.8) is 0 Å². The normalized spacial score (nSPS) is 14.5. The molecule has 5 rings (SSSR count). The lowest BCUT2D eigenvalue weighted by molar-refractivity contribution is 0.0620. The van der Waals surface area contributed by atoms with Crippen LogP contribution in [-0.2, 0) is 13.2 Å². The van der Waals surface area contributed by atoms with Crippen molar-refractivity contribution >= 4 is 5.91 Å². The highest BCUT2D eigenvalue weighted by Crippen LogP contribution is 2.14. The number of rotatable bonds is 6. The van der Waals surface area contributed by atoms with Crippen LogP contribution in [0, 0.1) is 5.82 Å². The molecule has 0 bridgehead atoms. The van der Waals surface area contributed by atoms with Crippen molar-refractivity contribution in [2.45, 2.75) is 13.2 Å². The third-order valence-corrected chi connectivity index (χ3v) is 5.63. The second-order valence-corrected chi connectivity index (χ2v) is 7.89. The maximum atomic E-state index is 13.9. The van der Waals surface area contributed by atoms with E-state index in [9.17, 15) is 9.18 Å². The van der Waals surface area contributed by atoms with E-state index in [4.69, 9.17) is 0 Å². The van der Waals surface area contributed by atoms with Gasteiger partial charge in [-0.2, -0.15) is 5.10 Å². The molecule has 2 aromatic heterocycles. The Morgan fingerprint density at radius 1 is 0.909 bits per heavy atom. The Hall–Kier alpha value is -3.92. The molecule has 0 saturated carbocycles. The highest BCUT2D eigenvalue weighted by atomic mass is 19.1. The first-order valence-corrected chi connectivity index (χ1v) is 10.8. The van der Waals surface area contributed by atoms with Crippen molar-refractivity contribution in [1.29, 1.82) is 0 Å². The van der Waals surface area contributed by atoms with Gasteiger partial charge in [-0.1, -0.05) is 48.5 Å². The second-order valence-electron chi connectivity index (χ2n) is 7.89. The first-order valence-electron chi connectivity index (χ1n) is 10.8. The number of piperazine rings is 1. The predicted octanol–water partition coefficient (Wildman–Crippen LogP) is 2.14. The minimum absolute atomic E-state index is 0.115. The fourth-order valence-electron chi connectivity index (χ4n) is 3.83. The van der Waals surface area contributed by atoms with Crippen molar-refractivity contribution in [2.75, 3.05) is 26.2 Å². The van der Waals surface area contributed by atoms with Crippen LogP contribution < -0.4 is 0 Å². The smallest absolute Gasteiger partial charge is 0.274 e. The Morgan fingerprint density at radius 2 is 1.67 bits per heavy atom. The Balaban J connectivity index is 1.16. The molecule has 0 N–H and O–H groups in total. The molecule has 0 radical (unpaired) electrons. The van der Waals surface area contributed by atoms with Crippen LogP contribution in [0.3, 0.4) is 0 Å². The van der Waals surface area contributed by atoms with Gasteiger partial charge in [-0.15, -0.1) is 15.0 Å². The number of hydrogen-bond acceptors (Lipinski definition) is 6. The molecule has 1 aliphatic rings. The second kappa shape index (κ2) is 9.29. The van der Waals surface area contributed by atoms with Gasteiger partial charge in [-0.3, -0.25) is 9.69 Å². The fraction of sp³-hybridized carbons (Fsp3) is 0.261. The van der Waals surface area contributed by atoms with E-state index in [1.54, 1.807) is 34.0 Å². The molecular weight excluding hydrogens is 423 g/mol. The van der Waals surface area contributed by atoms with Crippen LogP contribution in [0.15, 0.2) is 66.9 Å². The summed E-state index contributed by atoms with van der Waals surface area (Å²) in [6, 6.07) is 18.1. The summed E-state index contributed by atoms with van der Waals surface area (Å²) in [7, 11) is 0. The molecule has 3 heterocycles. The van der Waals surface area contributed by atoms with Gasteiger partial charge in [0.1, 0.15) is 11.5 Å². The number of nitrogens with zero attached hydrogens (tertiary/aromatic N) is 8. The molecule has 4 aromatic rings. The largest absolute Gasteiger partial charge is 0.335 e. The first kappa shape index (κ1) is 21.0. The fourth-order valence-corrected chi connectivity index (χ4v) is 3.83. The maximum Gasteiger partial charge on any atom is 0.274 e. The van der Waals surface area contributed by atoms with Crippen LogP contribution in [0.1, 0.15) is 16.1 Å². The molecule has 9 nitrogen and oxygen atoms in total. The van der Waals surface area contributed by atoms with Crippen molar-refractivity contribution < 1.29 is 9.18 Å². The number of hydrogen-bond donors (Lipinski definition) is 0. The van der Waals surface area contributed by atoms with Crippen LogP contribution in [0.4, 0.5) is 4.39 Å². The average molecular weight is 446 g/mol. The van der Waals surface area contributed by atoms with E-state index in [-0.39, 0.29) is 18.4 Å². The SMILES string of the molecule is O=C(c1ccn(Cn2nnc(-c3ccccc3)n2)n1)N1CCN(Cc2ccccc2F)CC1. The van der Waals surface area contributed by atoms with Gasteiger partial charge in [0, 0.05) is 50.0 Å². The lowest BCUT2D eigenvalue weighted by atomic mass is 10.2. The minimum atomic E-state index is -0.195. The Kier molecular flexibility index (Phi) is 5.90. The zero-order valence-corrected chi connectivity index (χ0v) is 18.0. The van der Waals surface area contributed by atoms with Crippen LogP contribution in [0.5, 0.6) is 0 Å². The monoisotopic (exact) mass is 446 g/mol. The molecule has 0 unspecified atom stereocenters. The number of carbonyl (C=O) groups excluding carboxylic acids is 1. The van der Waals surface area contributed by atoms with E-state index in [0.29, 0.717) is 49.8 Å². The summed E-state index contributed by atoms with van der Waals surface area (Å²) in [5.74, 6) is 0.224. The van der Waals surface area contributed by atoms with Crippen LogP contribution in [0.2, 0.25) is 0 Å². The summed E-state index contributed by atoms with van der Waals surface area (Å²) in [6.45, 7) is 3.32. The van der Waals surface area contributed by atoms with E-state index < -0.39 is 0 Å². The average Bonchev–Trinajstić information content (AvgIpc) is 3.51. The number of tetrazole rings is 1. The van der Waals surface area contributed by atoms with Gasteiger partial charge >= 0.3 is 0 Å². The summed E-state index contributed by atoms with van der Waals surface area (Å²) in [4.78, 5) is 18.3. The molecule has 1 saturated heterocycles. The molecule has 0 atom stereocenters. The molecular formula is C23H23FN8O. The summed E-state index contributed by atoms with van der Waals surface area (Å²) in [5, 5.41) is 16.9. The number of amides is 1. The van der Waals surface area contributed by atoms with E-state index >= 15 is 0 Å². The van der Waals surface area contributed by atoms with Crippen molar-refractivity contribution in [3.8, 4) is 11.4 Å². The van der Waals surface area contributed by atoms with E-state index in [1.807, 2.05) is 36.4 Å². The summed E-state index contributed by atoms with van der Waals surface area (Å²) in [6.07, 6.45) is 1.73. The summed E-state index contributed by atoms with van der Waals surface area (Å²) in [5.41, 5.74) is 1.93. The molecule has 168 valence electrons. The van der Waals surface area contributed by atoms with Gasteiger partial charge in [0.15, 0.2) is 6.67 Å². The van der Waals surface area contributed by atoms with Gasteiger partial charge in [0.25, 0.3) is 5.91 Å². The van der Waals surface area contributed by atoms with Crippen LogP contribution >= 0.6 is 0 Å². The van der Waals surface area contributed by atoms with E-state index in [1.165, 1.54) is 10.9 Å². The zero-order chi connectivity index (χ0) is 22.6. The minimum Gasteiger partial charge on any atom is -0.335 e. The molecule has 0 spiro atoms. The lowest BCUT2D eigenvalue weighted by Gasteiger charge is -2.34. The van der Waals surface area contributed by atoms with Gasteiger partial charge in [0.05, 0.1) is 0 Å². The molecule has 1 aliphatic heterocycles. The van der Waals surface area contributed by atoms with Crippen molar-refractivity contribution in [1.82, 2.24) is 39.8 Å². The van der Waals surface area contributed by atoms with Gasteiger partial charge in [-0.05, 0) is 17.3 Å². The highest BCUT2D eigenvalue weighted by molar-refractivity contribution is 5.92. The van der Waals surface area contributed by atoms with Crippen molar-refractivity contribution in [3.05, 3.63) is 83.9 Å². The standard InChI is InChI=1S/C23H23FN8O/c24-20-9-5-4-8-19(20)16-29-12-14-30(15-13-29)23(33)21-10-11-31(26-21)17-32-27-22(25-28-32)18-6-2-1-3-7-18/h1-11H,12-17H2. The number of halogens is 1. The van der Waals surface area contributed by atoms with Crippen LogP contribution in [0.25, 0.3) is 11.4 Å². The number of aromatic nitrogens is 6. The third kappa shape index (κ3) is 4.80. The van der Waals surface area contributed by atoms with E-state index in [2.05, 4.69) is 25.4 Å². The summed E-state index contributed by atoms with van der Waals surface area (Å²) < 4.78 is 15.5. The molecule has 2 aromatic carbocycles. The van der Waals surface area contributed by atoms with Gasteiger partial charge < -0.3 is 4.90 Å².